The first-order chi connectivity index (χ1) is 14.9. The third-order valence-electron chi connectivity index (χ3n) is 5.07. The molecule has 7 heteroatoms. The van der Waals surface area contributed by atoms with E-state index in [4.69, 9.17) is 0 Å². The van der Waals surface area contributed by atoms with Gasteiger partial charge in [0.05, 0.1) is 23.7 Å². The fourth-order valence-electron chi connectivity index (χ4n) is 3.33. The predicted octanol–water partition coefficient (Wildman–Crippen LogP) is 4.23. The smallest absolute Gasteiger partial charge is 0.243 e. The topological polar surface area (TPSA) is 67.2 Å². The molecule has 0 saturated carbocycles. The van der Waals surface area contributed by atoms with Gasteiger partial charge in [0.25, 0.3) is 0 Å². The quantitative estimate of drug-likeness (QED) is 0.537. The molecular weight excluding hydrogens is 408 g/mol. The van der Waals surface area contributed by atoms with Crippen LogP contribution in [0.15, 0.2) is 66.0 Å². The lowest BCUT2D eigenvalue weighted by molar-refractivity contribution is -0.132. The largest absolute Gasteiger partial charge is 0.335 e. The van der Waals surface area contributed by atoms with E-state index in [1.54, 1.807) is 7.05 Å². The fourth-order valence-corrected chi connectivity index (χ4v) is 4.30. The monoisotopic (exact) mass is 436 g/mol. The summed E-state index contributed by atoms with van der Waals surface area (Å²) in [6, 6.07) is 17.7. The first-order valence-corrected chi connectivity index (χ1v) is 11.1. The van der Waals surface area contributed by atoms with Gasteiger partial charge in [0.15, 0.2) is 5.16 Å². The number of rotatable bonds is 8. The summed E-state index contributed by atoms with van der Waals surface area (Å²) in [5.74, 6) is -0.328. The number of carbonyl (C=O) groups excluding carboxylic acids is 2. The predicted molar refractivity (Wildman–Crippen MR) is 126 cm³/mol. The van der Waals surface area contributed by atoms with Crippen LogP contribution >= 0.6 is 11.8 Å². The van der Waals surface area contributed by atoms with Gasteiger partial charge in [0.2, 0.25) is 11.8 Å². The Kier molecular flexibility index (Phi) is 7.52. The maximum atomic E-state index is 12.8. The van der Waals surface area contributed by atoms with Crippen molar-refractivity contribution in [1.29, 1.82) is 0 Å². The fraction of sp³-hybridized carbons (Fsp3) is 0.292. The molecule has 0 saturated heterocycles. The summed E-state index contributed by atoms with van der Waals surface area (Å²) in [7, 11) is 3.59. The SMILES string of the molecule is CCc1ccccc1NC(=O)CN(C)C(=O)C(C)Sc1ncc(-c2ccccc2)n1C. The highest BCUT2D eigenvalue weighted by atomic mass is 32.2. The number of likely N-dealkylation sites (N-methyl/N-ethyl adjacent to an activating group) is 1. The van der Waals surface area contributed by atoms with Crippen molar-refractivity contribution in [1.82, 2.24) is 14.5 Å². The standard InChI is InChI=1S/C24H28N4O2S/c1-5-18-11-9-10-14-20(18)26-22(29)16-27(3)23(30)17(2)31-24-25-15-21(28(24)4)19-12-7-6-8-13-19/h6-15,17H,5,16H2,1-4H3,(H,26,29). The molecule has 3 aromatic rings. The summed E-state index contributed by atoms with van der Waals surface area (Å²) < 4.78 is 1.98. The molecule has 0 bridgehead atoms. The highest BCUT2D eigenvalue weighted by Gasteiger charge is 2.23. The molecule has 0 spiro atoms. The number of hydrogen-bond donors (Lipinski definition) is 1. The number of para-hydroxylation sites is 1. The van der Waals surface area contributed by atoms with E-state index in [1.165, 1.54) is 16.7 Å². The lowest BCUT2D eigenvalue weighted by atomic mass is 10.1. The normalized spacial score (nSPS) is 11.7. The van der Waals surface area contributed by atoms with Gasteiger partial charge in [-0.15, -0.1) is 0 Å². The van der Waals surface area contributed by atoms with Crippen LogP contribution in [0.4, 0.5) is 5.69 Å². The summed E-state index contributed by atoms with van der Waals surface area (Å²) in [4.78, 5) is 31.2. The Balaban J connectivity index is 1.60. The number of imidazole rings is 1. The van der Waals surface area contributed by atoms with Gasteiger partial charge in [-0.2, -0.15) is 0 Å². The van der Waals surface area contributed by atoms with Crippen LogP contribution in [0.5, 0.6) is 0 Å². The molecule has 1 aromatic heterocycles. The Labute approximate surface area is 187 Å². The number of anilines is 1. The second kappa shape index (κ2) is 10.3. The van der Waals surface area contributed by atoms with Crippen LogP contribution in [-0.2, 0) is 23.1 Å². The van der Waals surface area contributed by atoms with Gasteiger partial charge in [-0.1, -0.05) is 67.2 Å². The number of nitrogens with one attached hydrogen (secondary N) is 1. The van der Waals surface area contributed by atoms with Gasteiger partial charge in [-0.05, 0) is 30.5 Å². The van der Waals surface area contributed by atoms with Crippen molar-refractivity contribution >= 4 is 29.3 Å². The Morgan fingerprint density at radius 2 is 1.81 bits per heavy atom. The number of hydrogen-bond acceptors (Lipinski definition) is 4. The van der Waals surface area contributed by atoms with E-state index in [0.717, 1.165) is 34.1 Å². The average molecular weight is 437 g/mol. The molecular formula is C24H28N4O2S. The van der Waals surface area contributed by atoms with Crippen molar-refractivity contribution in [3.63, 3.8) is 0 Å². The zero-order valence-electron chi connectivity index (χ0n) is 18.3. The number of amides is 2. The summed E-state index contributed by atoms with van der Waals surface area (Å²) in [6.45, 7) is 3.88. The van der Waals surface area contributed by atoms with Crippen molar-refractivity contribution in [2.24, 2.45) is 7.05 Å². The van der Waals surface area contributed by atoms with Gasteiger partial charge in [-0.3, -0.25) is 9.59 Å². The zero-order valence-corrected chi connectivity index (χ0v) is 19.1. The van der Waals surface area contributed by atoms with Crippen molar-refractivity contribution in [3.8, 4) is 11.3 Å². The third-order valence-corrected chi connectivity index (χ3v) is 6.22. The van der Waals surface area contributed by atoms with E-state index in [0.29, 0.717) is 0 Å². The van der Waals surface area contributed by atoms with Crippen LogP contribution in [0.1, 0.15) is 19.4 Å². The van der Waals surface area contributed by atoms with Crippen LogP contribution < -0.4 is 5.32 Å². The van der Waals surface area contributed by atoms with E-state index in [-0.39, 0.29) is 23.6 Å². The second-order valence-electron chi connectivity index (χ2n) is 7.36. The molecule has 0 aliphatic rings. The highest BCUT2D eigenvalue weighted by molar-refractivity contribution is 8.00. The Hall–Kier alpha value is -3.06. The summed E-state index contributed by atoms with van der Waals surface area (Å²) in [6.07, 6.45) is 2.64. The minimum Gasteiger partial charge on any atom is -0.335 e. The number of nitrogens with zero attached hydrogens (tertiary/aromatic N) is 3. The molecule has 0 radical (unpaired) electrons. The lowest BCUT2D eigenvalue weighted by Crippen LogP contribution is -2.39. The molecule has 1 atom stereocenters. The molecule has 162 valence electrons. The number of benzene rings is 2. The van der Waals surface area contributed by atoms with Gasteiger partial charge in [0, 0.05) is 19.8 Å². The van der Waals surface area contributed by atoms with Crippen LogP contribution in [-0.4, -0.2) is 45.1 Å². The van der Waals surface area contributed by atoms with Crippen LogP contribution in [0.2, 0.25) is 0 Å². The van der Waals surface area contributed by atoms with Gasteiger partial charge in [0.1, 0.15) is 0 Å². The summed E-state index contributed by atoms with van der Waals surface area (Å²) in [5.41, 5.74) is 3.92. The molecule has 6 nitrogen and oxygen atoms in total. The van der Waals surface area contributed by atoms with Crippen LogP contribution in [0, 0.1) is 0 Å². The minimum atomic E-state index is -0.370. The molecule has 0 fully saturated rings. The van der Waals surface area contributed by atoms with Crippen molar-refractivity contribution in [3.05, 3.63) is 66.4 Å². The number of aryl methyl sites for hydroxylation is 1. The average Bonchev–Trinajstić information content (AvgIpc) is 3.14. The number of thioether (sulfide) groups is 1. The summed E-state index contributed by atoms with van der Waals surface area (Å²) >= 11 is 1.39. The third kappa shape index (κ3) is 5.55. The zero-order chi connectivity index (χ0) is 22.4. The van der Waals surface area contributed by atoms with Crippen LogP contribution in [0.3, 0.4) is 0 Å². The van der Waals surface area contributed by atoms with E-state index >= 15 is 0 Å². The Morgan fingerprint density at radius 3 is 2.52 bits per heavy atom. The number of carbonyl (C=O) groups is 2. The van der Waals surface area contributed by atoms with E-state index < -0.39 is 0 Å². The number of aromatic nitrogens is 2. The van der Waals surface area contributed by atoms with Crippen LogP contribution in [0.25, 0.3) is 11.3 Å². The molecule has 0 aliphatic carbocycles. The van der Waals surface area contributed by atoms with Crippen molar-refractivity contribution in [2.45, 2.75) is 30.7 Å². The molecule has 31 heavy (non-hydrogen) atoms. The molecule has 2 aromatic carbocycles. The lowest BCUT2D eigenvalue weighted by Gasteiger charge is -2.21. The van der Waals surface area contributed by atoms with Gasteiger partial charge >= 0.3 is 0 Å². The van der Waals surface area contributed by atoms with E-state index in [1.807, 2.05) is 86.3 Å². The summed E-state index contributed by atoms with van der Waals surface area (Å²) in [5, 5.41) is 3.30. The van der Waals surface area contributed by atoms with Crippen molar-refractivity contribution < 1.29 is 9.59 Å². The van der Waals surface area contributed by atoms with Gasteiger partial charge in [-0.25, -0.2) is 4.98 Å². The minimum absolute atomic E-state index is 0.00237. The Morgan fingerprint density at radius 1 is 1.13 bits per heavy atom. The maximum absolute atomic E-state index is 12.8. The Bertz CT molecular complexity index is 1050. The first kappa shape index (κ1) is 22.6. The van der Waals surface area contributed by atoms with E-state index in [9.17, 15) is 9.59 Å². The molecule has 1 unspecified atom stereocenters. The van der Waals surface area contributed by atoms with Crippen molar-refractivity contribution in [2.75, 3.05) is 18.9 Å². The molecule has 2 amide bonds. The maximum Gasteiger partial charge on any atom is 0.243 e. The molecule has 1 N–H and O–H groups in total. The highest BCUT2D eigenvalue weighted by Crippen LogP contribution is 2.28. The van der Waals surface area contributed by atoms with Gasteiger partial charge < -0.3 is 14.8 Å². The molecule has 1 heterocycles. The molecule has 0 aliphatic heterocycles. The first-order valence-electron chi connectivity index (χ1n) is 10.3. The van der Waals surface area contributed by atoms with E-state index in [2.05, 4.69) is 10.3 Å². The molecule has 3 rings (SSSR count). The second-order valence-corrected chi connectivity index (χ2v) is 8.67.